The molecule has 10 heavy (non-hydrogen) atoms. The van der Waals surface area contributed by atoms with Gasteiger partial charge in [-0.05, 0) is 6.92 Å². The third kappa shape index (κ3) is 26.9. The Hall–Kier alpha value is -0.780. The summed E-state index contributed by atoms with van der Waals surface area (Å²) in [5.41, 5.74) is 1.06. The molecule has 58 valence electrons. The van der Waals surface area contributed by atoms with Gasteiger partial charge in [0.15, 0.2) is 0 Å². The molecule has 0 saturated heterocycles. The third-order valence-electron chi connectivity index (χ3n) is 0.517. The van der Waals surface area contributed by atoms with Crippen LogP contribution in [0.25, 0.3) is 0 Å². The van der Waals surface area contributed by atoms with Crippen molar-refractivity contribution in [2.24, 2.45) is 0 Å². The van der Waals surface area contributed by atoms with Crippen LogP contribution in [0.5, 0.6) is 0 Å². The van der Waals surface area contributed by atoms with Gasteiger partial charge in [-0.1, -0.05) is 57.2 Å². The van der Waals surface area contributed by atoms with E-state index in [1.54, 1.807) is 6.08 Å². The molecule has 0 N–H and O–H groups in total. The molecule has 0 aliphatic carbocycles. The van der Waals surface area contributed by atoms with Gasteiger partial charge in [0.05, 0.1) is 0 Å². The highest BCUT2D eigenvalue weighted by Crippen LogP contribution is 1.86. The van der Waals surface area contributed by atoms with Crippen molar-refractivity contribution in [3.8, 4) is 0 Å². The van der Waals surface area contributed by atoms with Gasteiger partial charge < -0.3 is 0 Å². The van der Waals surface area contributed by atoms with Crippen molar-refractivity contribution in [3.05, 3.63) is 37.0 Å². The molecule has 0 saturated carbocycles. The minimum absolute atomic E-state index is 1.06. The molecule has 0 radical (unpaired) electrons. The zero-order chi connectivity index (χ0) is 8.41. The van der Waals surface area contributed by atoms with Gasteiger partial charge >= 0.3 is 0 Å². The standard InChI is InChI=1S/C7H10.C3H8/c1-4-5-6-7(2)3;1-3-2/h4-6H,1-2H2,3H3;3H2,1-2H3/b6-5-;. The Kier molecular flexibility index (Phi) is 13.2. The van der Waals surface area contributed by atoms with Gasteiger partial charge in [0, 0.05) is 0 Å². The van der Waals surface area contributed by atoms with Crippen LogP contribution in [0.4, 0.5) is 0 Å². The molecule has 0 unspecified atom stereocenters. The maximum absolute atomic E-state index is 3.66. The van der Waals surface area contributed by atoms with Crippen molar-refractivity contribution in [1.82, 2.24) is 0 Å². The number of allylic oxidation sites excluding steroid dienone is 4. The van der Waals surface area contributed by atoms with E-state index in [2.05, 4.69) is 27.0 Å². The van der Waals surface area contributed by atoms with Gasteiger partial charge in [0.25, 0.3) is 0 Å². The second kappa shape index (κ2) is 11.1. The molecular weight excluding hydrogens is 120 g/mol. The van der Waals surface area contributed by atoms with Crippen molar-refractivity contribution in [1.29, 1.82) is 0 Å². The van der Waals surface area contributed by atoms with Gasteiger partial charge in [0.2, 0.25) is 0 Å². The first kappa shape index (κ1) is 12.0. The van der Waals surface area contributed by atoms with E-state index in [-0.39, 0.29) is 0 Å². The molecule has 0 rings (SSSR count). The van der Waals surface area contributed by atoms with Crippen molar-refractivity contribution >= 4 is 0 Å². The molecule has 0 aromatic rings. The Bertz CT molecular complexity index is 107. The molecule has 0 aromatic heterocycles. The Labute approximate surface area is 65.0 Å². The summed E-state index contributed by atoms with van der Waals surface area (Å²) in [6.45, 7) is 13.4. The van der Waals surface area contributed by atoms with Crippen molar-refractivity contribution < 1.29 is 0 Å². The van der Waals surface area contributed by atoms with Gasteiger partial charge in [-0.2, -0.15) is 0 Å². The predicted octanol–water partition coefficient (Wildman–Crippen LogP) is 3.72. The second-order valence-corrected chi connectivity index (χ2v) is 2.15. The third-order valence-corrected chi connectivity index (χ3v) is 0.517. The molecule has 0 amide bonds. The monoisotopic (exact) mass is 138 g/mol. The van der Waals surface area contributed by atoms with Gasteiger partial charge in [-0.15, -0.1) is 0 Å². The molecular formula is C10H18. The Morgan fingerprint density at radius 2 is 1.80 bits per heavy atom. The molecule has 0 heteroatoms. The summed E-state index contributed by atoms with van der Waals surface area (Å²) in [5.74, 6) is 0. The van der Waals surface area contributed by atoms with Gasteiger partial charge in [0.1, 0.15) is 0 Å². The van der Waals surface area contributed by atoms with Crippen LogP contribution < -0.4 is 0 Å². The summed E-state index contributed by atoms with van der Waals surface area (Å²) in [7, 11) is 0. The van der Waals surface area contributed by atoms with Crippen LogP contribution >= 0.6 is 0 Å². The van der Waals surface area contributed by atoms with Crippen LogP contribution in [0.3, 0.4) is 0 Å². The van der Waals surface area contributed by atoms with Gasteiger partial charge in [-0.3, -0.25) is 0 Å². The largest absolute Gasteiger partial charge is 0.0991 e. The lowest BCUT2D eigenvalue weighted by Gasteiger charge is -1.77. The topological polar surface area (TPSA) is 0 Å². The summed E-state index contributed by atoms with van der Waals surface area (Å²) in [4.78, 5) is 0. The maximum Gasteiger partial charge on any atom is -0.0404 e. The minimum atomic E-state index is 1.06. The lowest BCUT2D eigenvalue weighted by Crippen LogP contribution is -1.55. The predicted molar refractivity (Wildman–Crippen MR) is 50.1 cm³/mol. The smallest absolute Gasteiger partial charge is 0.0404 e. The SMILES string of the molecule is C=C/C=C\C(=C)C.CCC. The Morgan fingerprint density at radius 1 is 1.40 bits per heavy atom. The van der Waals surface area contributed by atoms with E-state index in [1.165, 1.54) is 6.42 Å². The van der Waals surface area contributed by atoms with Crippen molar-refractivity contribution in [3.63, 3.8) is 0 Å². The van der Waals surface area contributed by atoms with Crippen molar-refractivity contribution in [2.45, 2.75) is 27.2 Å². The molecule has 0 aliphatic rings. The zero-order valence-corrected chi connectivity index (χ0v) is 7.35. The summed E-state index contributed by atoms with van der Waals surface area (Å²) in [5, 5.41) is 0. The first-order valence-corrected chi connectivity index (χ1v) is 3.63. The average molecular weight is 138 g/mol. The van der Waals surface area contributed by atoms with E-state index in [0.717, 1.165) is 5.57 Å². The fourth-order valence-electron chi connectivity index (χ4n) is 0.232. The number of rotatable bonds is 2. The van der Waals surface area contributed by atoms with E-state index in [1.807, 2.05) is 19.1 Å². The van der Waals surface area contributed by atoms with E-state index in [9.17, 15) is 0 Å². The zero-order valence-electron chi connectivity index (χ0n) is 7.35. The average Bonchev–Trinajstić information content (AvgIpc) is 1.85. The van der Waals surface area contributed by atoms with Crippen LogP contribution in [-0.2, 0) is 0 Å². The normalized spacial score (nSPS) is 8.30. The summed E-state index contributed by atoms with van der Waals surface area (Å²) >= 11 is 0. The first-order valence-electron chi connectivity index (χ1n) is 3.63. The van der Waals surface area contributed by atoms with Crippen LogP contribution in [0.1, 0.15) is 27.2 Å². The maximum atomic E-state index is 3.66. The summed E-state index contributed by atoms with van der Waals surface area (Å²) in [6.07, 6.45) is 6.75. The fraction of sp³-hybridized carbons (Fsp3) is 0.400. The van der Waals surface area contributed by atoms with E-state index in [0.29, 0.717) is 0 Å². The van der Waals surface area contributed by atoms with E-state index < -0.39 is 0 Å². The van der Waals surface area contributed by atoms with Crippen LogP contribution in [-0.4, -0.2) is 0 Å². The van der Waals surface area contributed by atoms with Crippen LogP contribution in [0.15, 0.2) is 37.0 Å². The highest BCUT2D eigenvalue weighted by molar-refractivity contribution is 5.15. The summed E-state index contributed by atoms with van der Waals surface area (Å²) < 4.78 is 0. The molecule has 0 bridgehead atoms. The number of hydrogen-bond acceptors (Lipinski definition) is 0. The highest BCUT2D eigenvalue weighted by Gasteiger charge is 1.65. The lowest BCUT2D eigenvalue weighted by molar-refractivity contribution is 1.09. The van der Waals surface area contributed by atoms with Gasteiger partial charge in [-0.25, -0.2) is 0 Å². The molecule has 0 heterocycles. The van der Waals surface area contributed by atoms with E-state index >= 15 is 0 Å². The minimum Gasteiger partial charge on any atom is -0.0991 e. The van der Waals surface area contributed by atoms with Crippen molar-refractivity contribution in [2.75, 3.05) is 0 Å². The molecule has 0 nitrogen and oxygen atoms in total. The molecule has 0 fully saturated rings. The second-order valence-electron chi connectivity index (χ2n) is 2.15. The fourth-order valence-corrected chi connectivity index (χ4v) is 0.232. The number of hydrogen-bond donors (Lipinski definition) is 0. The quantitative estimate of drug-likeness (QED) is 0.510. The molecule has 0 spiro atoms. The molecule has 0 aliphatic heterocycles. The molecule has 0 atom stereocenters. The van der Waals surface area contributed by atoms with Crippen LogP contribution in [0.2, 0.25) is 0 Å². The first-order chi connectivity index (χ1) is 4.68. The Balaban J connectivity index is 0. The van der Waals surface area contributed by atoms with E-state index in [4.69, 9.17) is 0 Å². The highest BCUT2D eigenvalue weighted by atomic mass is 13.7. The Morgan fingerprint density at radius 3 is 1.90 bits per heavy atom. The molecule has 0 aromatic carbocycles. The summed E-state index contributed by atoms with van der Waals surface area (Å²) in [6, 6.07) is 0. The lowest BCUT2D eigenvalue weighted by atomic mass is 10.3. The van der Waals surface area contributed by atoms with Crippen LogP contribution in [0, 0.1) is 0 Å².